The molecule has 27 heavy (non-hydrogen) atoms. The van der Waals surface area contributed by atoms with Gasteiger partial charge in [-0.1, -0.05) is 49.4 Å². The van der Waals surface area contributed by atoms with E-state index in [1.54, 1.807) is 19.2 Å². The molecule has 4 nitrogen and oxygen atoms in total. The van der Waals surface area contributed by atoms with Crippen LogP contribution in [0.5, 0.6) is 0 Å². The standard InChI is InChI=1S/C23H23N3O/c1-4-7-20-22(27)26(3)21(25)14-23(20,2)19-11-6-10-18(13-19)17-9-5-8-16(12-17)15-24/h4-6,8-13,20,25H,1,7,14H2,2-3H3/t20-,23+/m0/s1. The van der Waals surface area contributed by atoms with Gasteiger partial charge in [-0.05, 0) is 35.2 Å². The van der Waals surface area contributed by atoms with Crippen LogP contribution in [0.2, 0.25) is 0 Å². The van der Waals surface area contributed by atoms with Crippen LogP contribution < -0.4 is 0 Å². The summed E-state index contributed by atoms with van der Waals surface area (Å²) in [5.41, 5.74) is 3.14. The van der Waals surface area contributed by atoms with E-state index in [9.17, 15) is 4.79 Å². The third-order valence-electron chi connectivity index (χ3n) is 5.59. The quantitative estimate of drug-likeness (QED) is 0.818. The van der Waals surface area contributed by atoms with Crippen molar-refractivity contribution in [3.05, 3.63) is 72.3 Å². The molecule has 1 aliphatic rings. The van der Waals surface area contributed by atoms with E-state index in [0.717, 1.165) is 16.7 Å². The first-order valence-electron chi connectivity index (χ1n) is 8.97. The summed E-state index contributed by atoms with van der Waals surface area (Å²) >= 11 is 0. The number of hydrogen-bond donors (Lipinski definition) is 1. The van der Waals surface area contributed by atoms with Crippen molar-refractivity contribution >= 4 is 11.7 Å². The van der Waals surface area contributed by atoms with E-state index in [0.29, 0.717) is 24.2 Å². The van der Waals surface area contributed by atoms with Crippen molar-refractivity contribution in [2.45, 2.75) is 25.2 Å². The van der Waals surface area contributed by atoms with Crippen LogP contribution >= 0.6 is 0 Å². The number of amidine groups is 1. The van der Waals surface area contributed by atoms with Crippen molar-refractivity contribution in [2.24, 2.45) is 5.92 Å². The molecule has 2 aromatic rings. The minimum absolute atomic E-state index is 0.0365. The SMILES string of the molecule is C=CC[C@H]1C(=O)N(C)C(=N)C[C@]1(C)c1cccc(-c2cccc(C#N)c2)c1. The van der Waals surface area contributed by atoms with E-state index in [-0.39, 0.29) is 11.8 Å². The van der Waals surface area contributed by atoms with Gasteiger partial charge in [0.15, 0.2) is 0 Å². The predicted molar refractivity (Wildman–Crippen MR) is 107 cm³/mol. The van der Waals surface area contributed by atoms with Gasteiger partial charge in [-0.3, -0.25) is 10.2 Å². The van der Waals surface area contributed by atoms with Gasteiger partial charge in [0.2, 0.25) is 5.91 Å². The van der Waals surface area contributed by atoms with Crippen molar-refractivity contribution in [1.82, 2.24) is 4.90 Å². The Morgan fingerprint density at radius 3 is 2.63 bits per heavy atom. The number of allylic oxidation sites excluding steroid dienone is 1. The number of piperidine rings is 1. The fraction of sp³-hybridized carbons (Fsp3) is 0.261. The molecule has 1 fully saturated rings. The van der Waals surface area contributed by atoms with Gasteiger partial charge in [-0.2, -0.15) is 5.26 Å². The Balaban J connectivity index is 2.08. The van der Waals surface area contributed by atoms with Crippen LogP contribution in [0.15, 0.2) is 61.2 Å². The number of carbonyl (C=O) groups excluding carboxylic acids is 1. The molecule has 1 N–H and O–H groups in total. The summed E-state index contributed by atoms with van der Waals surface area (Å²) in [6.07, 6.45) is 2.85. The van der Waals surface area contributed by atoms with Gasteiger partial charge in [0, 0.05) is 18.9 Å². The molecule has 0 spiro atoms. The molecule has 0 radical (unpaired) electrons. The van der Waals surface area contributed by atoms with Crippen LogP contribution in [0.4, 0.5) is 0 Å². The molecule has 1 aliphatic heterocycles. The normalized spacial score (nSPS) is 22.4. The number of benzene rings is 2. The van der Waals surface area contributed by atoms with Crippen molar-refractivity contribution in [2.75, 3.05) is 7.05 Å². The first-order chi connectivity index (χ1) is 12.9. The van der Waals surface area contributed by atoms with Crippen LogP contribution in [0.1, 0.15) is 30.9 Å². The molecular weight excluding hydrogens is 334 g/mol. The summed E-state index contributed by atoms with van der Waals surface area (Å²) < 4.78 is 0. The van der Waals surface area contributed by atoms with Gasteiger partial charge in [0.1, 0.15) is 5.84 Å². The van der Waals surface area contributed by atoms with Crippen molar-refractivity contribution in [3.63, 3.8) is 0 Å². The number of nitriles is 1. The third-order valence-corrected chi connectivity index (χ3v) is 5.59. The highest BCUT2D eigenvalue weighted by Gasteiger charge is 2.46. The lowest BCUT2D eigenvalue weighted by Crippen LogP contribution is -2.53. The molecule has 0 aliphatic carbocycles. The number of likely N-dealkylation sites (tertiary alicyclic amines) is 1. The van der Waals surface area contributed by atoms with Gasteiger partial charge in [0.05, 0.1) is 17.6 Å². The second-order valence-electron chi connectivity index (χ2n) is 7.29. The minimum Gasteiger partial charge on any atom is -0.304 e. The lowest BCUT2D eigenvalue weighted by molar-refractivity contribution is -0.134. The summed E-state index contributed by atoms with van der Waals surface area (Å²) in [4.78, 5) is 14.3. The van der Waals surface area contributed by atoms with Gasteiger partial charge in [-0.25, -0.2) is 0 Å². The topological polar surface area (TPSA) is 68.0 Å². The van der Waals surface area contributed by atoms with Crippen molar-refractivity contribution in [1.29, 1.82) is 10.7 Å². The van der Waals surface area contributed by atoms with Crippen LogP contribution in [-0.2, 0) is 10.2 Å². The molecule has 2 atom stereocenters. The first-order valence-corrected chi connectivity index (χ1v) is 8.97. The van der Waals surface area contributed by atoms with Crippen LogP contribution in [0.25, 0.3) is 11.1 Å². The molecule has 1 saturated heterocycles. The van der Waals surface area contributed by atoms with E-state index in [2.05, 4.69) is 25.6 Å². The smallest absolute Gasteiger partial charge is 0.231 e. The highest BCUT2D eigenvalue weighted by molar-refractivity contribution is 6.01. The molecule has 0 aromatic heterocycles. The summed E-state index contributed by atoms with van der Waals surface area (Å²) in [5, 5.41) is 17.4. The molecule has 0 saturated carbocycles. The van der Waals surface area contributed by atoms with Crippen LogP contribution in [0.3, 0.4) is 0 Å². The molecule has 1 heterocycles. The Morgan fingerprint density at radius 2 is 1.96 bits per heavy atom. The highest BCUT2D eigenvalue weighted by Crippen LogP contribution is 2.43. The monoisotopic (exact) mass is 357 g/mol. The second kappa shape index (κ2) is 7.20. The van der Waals surface area contributed by atoms with Crippen LogP contribution in [-0.4, -0.2) is 23.7 Å². The number of nitrogens with one attached hydrogen (secondary N) is 1. The number of amides is 1. The molecule has 4 heteroatoms. The number of rotatable bonds is 4. The number of nitrogens with zero attached hydrogens (tertiary/aromatic N) is 2. The van der Waals surface area contributed by atoms with E-state index in [4.69, 9.17) is 10.7 Å². The predicted octanol–water partition coefficient (Wildman–Crippen LogP) is 4.51. The number of hydrogen-bond acceptors (Lipinski definition) is 3. The average Bonchev–Trinajstić information content (AvgIpc) is 2.70. The lowest BCUT2D eigenvalue weighted by Gasteiger charge is -2.44. The van der Waals surface area contributed by atoms with E-state index in [1.165, 1.54) is 4.90 Å². The van der Waals surface area contributed by atoms with Crippen molar-refractivity contribution in [3.8, 4) is 17.2 Å². The van der Waals surface area contributed by atoms with E-state index < -0.39 is 5.41 Å². The zero-order valence-corrected chi connectivity index (χ0v) is 15.7. The summed E-state index contributed by atoms with van der Waals surface area (Å²) in [6, 6.07) is 17.8. The summed E-state index contributed by atoms with van der Waals surface area (Å²) in [5.74, 6) is 0.0417. The van der Waals surface area contributed by atoms with Gasteiger partial charge in [0.25, 0.3) is 0 Å². The second-order valence-corrected chi connectivity index (χ2v) is 7.29. The molecular formula is C23H23N3O. The zero-order chi connectivity index (χ0) is 19.6. The Kier molecular flexibility index (Phi) is 4.96. The third kappa shape index (κ3) is 3.29. The number of carbonyl (C=O) groups is 1. The molecule has 1 amide bonds. The lowest BCUT2D eigenvalue weighted by atomic mass is 9.65. The largest absolute Gasteiger partial charge is 0.304 e. The van der Waals surface area contributed by atoms with Gasteiger partial charge >= 0.3 is 0 Å². The minimum atomic E-state index is -0.474. The fourth-order valence-corrected chi connectivity index (χ4v) is 3.88. The molecule has 136 valence electrons. The van der Waals surface area contributed by atoms with Gasteiger partial charge in [-0.15, -0.1) is 6.58 Å². The Hall–Kier alpha value is -3.19. The maximum Gasteiger partial charge on any atom is 0.231 e. The Bertz CT molecular complexity index is 956. The fourth-order valence-electron chi connectivity index (χ4n) is 3.88. The van der Waals surface area contributed by atoms with Crippen molar-refractivity contribution < 1.29 is 4.79 Å². The highest BCUT2D eigenvalue weighted by atomic mass is 16.2. The first kappa shape index (κ1) is 18.6. The Labute approximate surface area is 160 Å². The molecule has 2 aromatic carbocycles. The summed E-state index contributed by atoms with van der Waals surface area (Å²) in [6.45, 7) is 5.88. The maximum absolute atomic E-state index is 12.9. The zero-order valence-electron chi connectivity index (χ0n) is 15.7. The van der Waals surface area contributed by atoms with Gasteiger partial charge < -0.3 is 4.90 Å². The summed E-state index contributed by atoms with van der Waals surface area (Å²) in [7, 11) is 1.67. The molecule has 0 bridgehead atoms. The molecule has 3 rings (SSSR count). The Morgan fingerprint density at radius 1 is 1.30 bits per heavy atom. The van der Waals surface area contributed by atoms with Crippen LogP contribution in [0, 0.1) is 22.7 Å². The maximum atomic E-state index is 12.9. The van der Waals surface area contributed by atoms with E-state index >= 15 is 0 Å². The average molecular weight is 357 g/mol. The molecule has 0 unspecified atom stereocenters. The van der Waals surface area contributed by atoms with E-state index in [1.807, 2.05) is 36.4 Å².